The number of rotatable bonds is 3. The van der Waals surface area contributed by atoms with Crippen LogP contribution in [-0.2, 0) is 14.8 Å². The summed E-state index contributed by atoms with van der Waals surface area (Å²) in [6.45, 7) is 0.468. The van der Waals surface area contributed by atoms with E-state index in [4.69, 9.17) is 10.5 Å². The minimum absolute atomic E-state index is 0.0518. The summed E-state index contributed by atoms with van der Waals surface area (Å²) >= 11 is 0. The Labute approximate surface area is 110 Å². The Morgan fingerprint density at radius 1 is 1.42 bits per heavy atom. The van der Waals surface area contributed by atoms with E-state index in [1.54, 1.807) is 0 Å². The van der Waals surface area contributed by atoms with Crippen molar-refractivity contribution in [3.8, 4) is 0 Å². The van der Waals surface area contributed by atoms with Crippen molar-refractivity contribution in [3.05, 3.63) is 29.8 Å². The fourth-order valence-electron chi connectivity index (χ4n) is 1.94. The molecule has 2 rings (SSSR count). The number of nitrogens with zero attached hydrogens (tertiary/aromatic N) is 1. The number of ether oxygens (including phenoxy) is 1. The summed E-state index contributed by atoms with van der Waals surface area (Å²) in [7, 11) is -4.12. The van der Waals surface area contributed by atoms with E-state index >= 15 is 0 Å². The first kappa shape index (κ1) is 14.3. The predicted octanol–water partition coefficient (Wildman–Crippen LogP) is 0.313. The van der Waals surface area contributed by atoms with E-state index in [-0.39, 0.29) is 26.3 Å². The molecule has 0 aromatic heterocycles. The van der Waals surface area contributed by atoms with Crippen LogP contribution in [0.3, 0.4) is 0 Å². The van der Waals surface area contributed by atoms with Crippen LogP contribution in [0.5, 0.6) is 0 Å². The van der Waals surface area contributed by atoms with Gasteiger partial charge in [0.05, 0.1) is 19.3 Å². The van der Waals surface area contributed by atoms with Crippen LogP contribution in [0.4, 0.5) is 8.78 Å². The molecule has 106 valence electrons. The molecule has 1 atom stereocenters. The average molecular weight is 292 g/mol. The Kier molecular flexibility index (Phi) is 4.14. The highest BCUT2D eigenvalue weighted by Crippen LogP contribution is 2.23. The molecule has 0 aliphatic carbocycles. The van der Waals surface area contributed by atoms with Crippen molar-refractivity contribution < 1.29 is 21.9 Å². The van der Waals surface area contributed by atoms with Crippen LogP contribution in [0, 0.1) is 11.6 Å². The van der Waals surface area contributed by atoms with E-state index in [0.717, 1.165) is 16.4 Å². The molecular weight excluding hydrogens is 278 g/mol. The number of benzene rings is 1. The van der Waals surface area contributed by atoms with E-state index in [1.165, 1.54) is 0 Å². The van der Waals surface area contributed by atoms with Gasteiger partial charge < -0.3 is 10.5 Å². The first-order chi connectivity index (χ1) is 8.96. The third kappa shape index (κ3) is 2.76. The molecule has 0 amide bonds. The standard InChI is InChI=1S/C11H14F2N2O3S/c12-8-1-2-10(13)11(5-8)19(16,17)15-3-4-18-7-9(15)6-14/h1-2,5,9H,3-4,6-7,14H2. The maximum absolute atomic E-state index is 13.6. The van der Waals surface area contributed by atoms with Gasteiger partial charge in [0.25, 0.3) is 0 Å². The first-order valence-corrected chi connectivity index (χ1v) is 7.15. The third-order valence-electron chi connectivity index (χ3n) is 2.93. The summed E-state index contributed by atoms with van der Waals surface area (Å²) in [6.07, 6.45) is 0. The molecule has 1 aromatic carbocycles. The van der Waals surface area contributed by atoms with Crippen molar-refractivity contribution >= 4 is 10.0 Å². The highest BCUT2D eigenvalue weighted by Gasteiger charge is 2.35. The molecular formula is C11H14F2N2O3S. The van der Waals surface area contributed by atoms with E-state index in [2.05, 4.69) is 0 Å². The Morgan fingerprint density at radius 3 is 2.84 bits per heavy atom. The molecule has 0 spiro atoms. The molecule has 1 aliphatic heterocycles. The van der Waals surface area contributed by atoms with E-state index in [1.807, 2.05) is 0 Å². The Balaban J connectivity index is 2.43. The lowest BCUT2D eigenvalue weighted by molar-refractivity contribution is 0.0357. The quantitative estimate of drug-likeness (QED) is 0.870. The van der Waals surface area contributed by atoms with Gasteiger partial charge in [-0.2, -0.15) is 4.31 Å². The molecule has 1 heterocycles. The molecule has 5 nitrogen and oxygen atoms in total. The second-order valence-corrected chi connectivity index (χ2v) is 6.01. The Hall–Kier alpha value is -1.09. The minimum atomic E-state index is -4.12. The second kappa shape index (κ2) is 5.49. The summed E-state index contributed by atoms with van der Waals surface area (Å²) in [4.78, 5) is -0.673. The summed E-state index contributed by atoms with van der Waals surface area (Å²) in [5, 5.41) is 0. The average Bonchev–Trinajstić information content (AvgIpc) is 2.41. The van der Waals surface area contributed by atoms with Gasteiger partial charge in [0, 0.05) is 13.1 Å². The normalized spacial score (nSPS) is 21.5. The summed E-state index contributed by atoms with van der Waals surface area (Å²) < 4.78 is 57.6. The molecule has 19 heavy (non-hydrogen) atoms. The van der Waals surface area contributed by atoms with Crippen molar-refractivity contribution in [3.63, 3.8) is 0 Å². The number of hydrogen-bond acceptors (Lipinski definition) is 4. The van der Waals surface area contributed by atoms with Crippen LogP contribution in [-0.4, -0.2) is 45.1 Å². The number of morpholine rings is 1. The van der Waals surface area contributed by atoms with Crippen LogP contribution in [0.2, 0.25) is 0 Å². The largest absolute Gasteiger partial charge is 0.378 e. The number of sulfonamides is 1. The smallest absolute Gasteiger partial charge is 0.246 e. The first-order valence-electron chi connectivity index (χ1n) is 5.71. The van der Waals surface area contributed by atoms with Gasteiger partial charge >= 0.3 is 0 Å². The predicted molar refractivity (Wildman–Crippen MR) is 63.9 cm³/mol. The lowest BCUT2D eigenvalue weighted by Gasteiger charge is -2.33. The van der Waals surface area contributed by atoms with E-state index < -0.39 is 32.6 Å². The molecule has 1 aliphatic rings. The maximum Gasteiger partial charge on any atom is 0.246 e. The zero-order valence-corrected chi connectivity index (χ0v) is 10.9. The fraction of sp³-hybridized carbons (Fsp3) is 0.455. The molecule has 0 saturated carbocycles. The summed E-state index contributed by atoms with van der Waals surface area (Å²) in [6, 6.07) is 1.77. The topological polar surface area (TPSA) is 72.6 Å². The van der Waals surface area contributed by atoms with Gasteiger partial charge in [0.15, 0.2) is 0 Å². The van der Waals surface area contributed by atoms with E-state index in [0.29, 0.717) is 6.07 Å². The van der Waals surface area contributed by atoms with E-state index in [9.17, 15) is 17.2 Å². The second-order valence-electron chi connectivity index (χ2n) is 4.15. The van der Waals surface area contributed by atoms with Gasteiger partial charge in [0.2, 0.25) is 10.0 Å². The lowest BCUT2D eigenvalue weighted by Crippen LogP contribution is -2.52. The molecule has 0 radical (unpaired) electrons. The molecule has 1 saturated heterocycles. The lowest BCUT2D eigenvalue weighted by atomic mass is 10.3. The summed E-state index contributed by atoms with van der Waals surface area (Å²) in [5.74, 6) is -1.79. The number of hydrogen-bond donors (Lipinski definition) is 1. The highest BCUT2D eigenvalue weighted by atomic mass is 32.2. The molecule has 8 heteroatoms. The molecule has 2 N–H and O–H groups in total. The fourth-order valence-corrected chi connectivity index (χ4v) is 3.63. The van der Waals surface area contributed by atoms with Gasteiger partial charge in [-0.25, -0.2) is 17.2 Å². The van der Waals surface area contributed by atoms with Crippen molar-refractivity contribution in [1.29, 1.82) is 0 Å². The van der Waals surface area contributed by atoms with Gasteiger partial charge in [-0.3, -0.25) is 0 Å². The number of halogens is 2. The van der Waals surface area contributed by atoms with Crippen LogP contribution >= 0.6 is 0 Å². The van der Waals surface area contributed by atoms with Crippen molar-refractivity contribution in [2.45, 2.75) is 10.9 Å². The molecule has 1 fully saturated rings. The zero-order chi connectivity index (χ0) is 14.0. The van der Waals surface area contributed by atoms with Gasteiger partial charge in [-0.1, -0.05) is 0 Å². The van der Waals surface area contributed by atoms with Gasteiger partial charge in [-0.05, 0) is 18.2 Å². The molecule has 0 bridgehead atoms. The van der Waals surface area contributed by atoms with Crippen molar-refractivity contribution in [1.82, 2.24) is 4.31 Å². The minimum Gasteiger partial charge on any atom is -0.378 e. The van der Waals surface area contributed by atoms with Crippen LogP contribution < -0.4 is 5.73 Å². The van der Waals surface area contributed by atoms with Crippen LogP contribution in [0.1, 0.15) is 0 Å². The monoisotopic (exact) mass is 292 g/mol. The highest BCUT2D eigenvalue weighted by molar-refractivity contribution is 7.89. The van der Waals surface area contributed by atoms with Crippen molar-refractivity contribution in [2.24, 2.45) is 5.73 Å². The van der Waals surface area contributed by atoms with Crippen molar-refractivity contribution in [2.75, 3.05) is 26.3 Å². The van der Waals surface area contributed by atoms with Crippen LogP contribution in [0.25, 0.3) is 0 Å². The Bertz CT molecular complexity index is 565. The maximum atomic E-state index is 13.6. The van der Waals surface area contributed by atoms with Gasteiger partial charge in [-0.15, -0.1) is 0 Å². The third-order valence-corrected chi connectivity index (χ3v) is 4.89. The number of nitrogens with two attached hydrogens (primary N) is 1. The Morgan fingerprint density at radius 2 is 2.16 bits per heavy atom. The molecule has 1 unspecified atom stereocenters. The molecule has 1 aromatic rings. The SMILES string of the molecule is NCC1COCCN1S(=O)(=O)c1cc(F)ccc1F. The van der Waals surface area contributed by atoms with Gasteiger partial charge in [0.1, 0.15) is 16.5 Å². The summed E-state index contributed by atoms with van der Waals surface area (Å²) in [5.41, 5.74) is 5.48. The van der Waals surface area contributed by atoms with Crippen LogP contribution in [0.15, 0.2) is 23.1 Å². The zero-order valence-electron chi connectivity index (χ0n) is 10.1.